The minimum atomic E-state index is -4.40. The van der Waals surface area contributed by atoms with E-state index in [2.05, 4.69) is 56.4 Å². The molecule has 2 fully saturated rings. The van der Waals surface area contributed by atoms with Gasteiger partial charge in [0.25, 0.3) is 0 Å². The van der Waals surface area contributed by atoms with Crippen molar-refractivity contribution in [2.75, 3.05) is 39.8 Å². The molecule has 0 saturated carbocycles. The molecule has 0 spiro atoms. The summed E-state index contributed by atoms with van der Waals surface area (Å²) in [5.74, 6) is 1.04. The number of rotatable bonds is 10. The number of carbonyl (C=O) groups excluding carboxylic acids is 1. The van der Waals surface area contributed by atoms with Crippen molar-refractivity contribution in [3.63, 3.8) is 0 Å². The molecule has 2 saturated heterocycles. The predicted molar refractivity (Wildman–Crippen MR) is 191 cm³/mol. The number of aromatic nitrogens is 4. The van der Waals surface area contributed by atoms with Gasteiger partial charge < -0.3 is 24.5 Å². The van der Waals surface area contributed by atoms with Crippen molar-refractivity contribution >= 4 is 23.9 Å². The molecular weight excluding hydrogens is 696 g/mol. The third-order valence-electron chi connectivity index (χ3n) is 9.14. The van der Waals surface area contributed by atoms with Crippen LogP contribution in [0.4, 0.5) is 22.8 Å². The number of carbonyl (C=O) groups is 2. The van der Waals surface area contributed by atoms with E-state index in [1.165, 1.54) is 22.9 Å². The van der Waals surface area contributed by atoms with Crippen LogP contribution in [0.5, 0.6) is 5.75 Å². The summed E-state index contributed by atoms with van der Waals surface area (Å²) < 4.78 is 43.6. The van der Waals surface area contributed by atoms with Crippen molar-refractivity contribution in [2.24, 2.45) is 5.92 Å². The molecule has 52 heavy (non-hydrogen) atoms. The average molecular weight is 740 g/mol. The molecule has 0 bridgehead atoms. The number of hydrogen-bond acceptors (Lipinski definition) is 8. The molecule has 2 amide bonds. The first-order valence-electron chi connectivity index (χ1n) is 17.3. The third kappa shape index (κ3) is 12.3. The predicted octanol–water partition coefficient (Wildman–Crippen LogP) is 7.46. The van der Waals surface area contributed by atoms with Gasteiger partial charge in [-0.2, -0.15) is 18.3 Å². The van der Waals surface area contributed by atoms with E-state index in [1.807, 2.05) is 6.07 Å². The van der Waals surface area contributed by atoms with Gasteiger partial charge in [0.15, 0.2) is 5.16 Å². The smallest absolute Gasteiger partial charge is 0.417 e. The molecule has 15 heteroatoms. The zero-order valence-corrected chi connectivity index (χ0v) is 29.9. The minimum absolute atomic E-state index is 0.350. The molecule has 4 heterocycles. The number of hydrogen-bond donors (Lipinski definition) is 2. The van der Waals surface area contributed by atoms with Crippen LogP contribution < -0.4 is 4.74 Å². The van der Waals surface area contributed by atoms with Gasteiger partial charge in [-0.05, 0) is 87.0 Å². The van der Waals surface area contributed by atoms with Gasteiger partial charge in [0, 0.05) is 56.3 Å². The largest absolute Gasteiger partial charge is 0.465 e. The number of alkyl halides is 3. The van der Waals surface area contributed by atoms with E-state index in [0.717, 1.165) is 68.2 Å². The lowest BCUT2D eigenvalue weighted by Gasteiger charge is -2.32. The number of piperidine rings is 2. The van der Waals surface area contributed by atoms with E-state index < -0.39 is 17.8 Å². The molecule has 11 nitrogen and oxygen atoms in total. The molecule has 2 aromatic heterocycles. The Hall–Kier alpha value is -4.63. The van der Waals surface area contributed by atoms with Crippen molar-refractivity contribution in [1.29, 1.82) is 0 Å². The van der Waals surface area contributed by atoms with E-state index in [-0.39, 0.29) is 6.09 Å². The number of aromatic amines is 1. The molecule has 0 unspecified atom stereocenters. The summed E-state index contributed by atoms with van der Waals surface area (Å²) in [5.41, 5.74) is 1.95. The van der Waals surface area contributed by atoms with Crippen molar-refractivity contribution < 1.29 is 32.6 Å². The van der Waals surface area contributed by atoms with E-state index in [1.54, 1.807) is 40.9 Å². The number of amides is 2. The number of nitrogens with zero attached hydrogens (tertiary/aromatic N) is 6. The van der Waals surface area contributed by atoms with Crippen molar-refractivity contribution in [3.8, 4) is 5.75 Å². The van der Waals surface area contributed by atoms with Crippen molar-refractivity contribution in [3.05, 3.63) is 102 Å². The molecule has 4 aromatic rings. The number of H-pyrrole nitrogens is 1. The number of carboxylic acid groups (broad SMARTS) is 1. The fourth-order valence-corrected chi connectivity index (χ4v) is 7.08. The summed E-state index contributed by atoms with van der Waals surface area (Å²) in [5, 5.41) is 16.6. The van der Waals surface area contributed by atoms with Gasteiger partial charge in [0.2, 0.25) is 0 Å². The summed E-state index contributed by atoms with van der Waals surface area (Å²) in [6, 6.07) is 19.8. The second kappa shape index (κ2) is 18.7. The number of pyridine rings is 1. The lowest BCUT2D eigenvalue weighted by atomic mass is 9.93. The van der Waals surface area contributed by atoms with E-state index in [9.17, 15) is 22.8 Å². The Kier molecular flexibility index (Phi) is 13.9. The van der Waals surface area contributed by atoms with Gasteiger partial charge in [-0.1, -0.05) is 54.2 Å². The summed E-state index contributed by atoms with van der Waals surface area (Å²) >= 11 is 1.64. The molecule has 0 atom stereocenters. The van der Waals surface area contributed by atoms with Gasteiger partial charge in [0.1, 0.15) is 12.1 Å². The quantitative estimate of drug-likeness (QED) is 0.170. The minimum Gasteiger partial charge on any atom is -0.465 e. The van der Waals surface area contributed by atoms with Gasteiger partial charge in [-0.25, -0.2) is 14.6 Å². The highest BCUT2D eigenvalue weighted by Gasteiger charge is 2.30. The van der Waals surface area contributed by atoms with Gasteiger partial charge in [0.05, 0.1) is 5.56 Å². The number of nitrogens with one attached hydrogen (secondary N) is 1. The number of likely N-dealkylation sites (tertiary alicyclic amines) is 2. The normalized spacial score (nSPS) is 15.6. The van der Waals surface area contributed by atoms with Crippen LogP contribution >= 0.6 is 11.8 Å². The Labute approximate surface area is 305 Å². The maximum Gasteiger partial charge on any atom is 0.417 e. The molecule has 0 radical (unpaired) electrons. The van der Waals surface area contributed by atoms with Crippen molar-refractivity contribution in [1.82, 2.24) is 34.9 Å². The lowest BCUT2D eigenvalue weighted by Crippen LogP contribution is -2.40. The molecule has 6 rings (SSSR count). The molecule has 2 aliphatic rings. The van der Waals surface area contributed by atoms with Crippen molar-refractivity contribution in [2.45, 2.75) is 61.7 Å². The van der Waals surface area contributed by atoms with Gasteiger partial charge in [-0.3, -0.25) is 10.1 Å². The Balaban J connectivity index is 0.000000289. The highest BCUT2D eigenvalue weighted by Crippen LogP contribution is 2.29. The zero-order chi connectivity index (χ0) is 36.9. The monoisotopic (exact) mass is 739 g/mol. The number of ether oxygens (including phenoxy) is 1. The lowest BCUT2D eigenvalue weighted by molar-refractivity contribution is -0.137. The highest BCUT2D eigenvalue weighted by molar-refractivity contribution is 7.99. The van der Waals surface area contributed by atoms with Crippen LogP contribution in [0.1, 0.15) is 54.5 Å². The summed E-state index contributed by atoms with van der Waals surface area (Å²) in [7, 11) is 2.14. The Morgan fingerprint density at radius 2 is 1.62 bits per heavy atom. The fourth-order valence-electron chi connectivity index (χ4n) is 6.10. The summed E-state index contributed by atoms with van der Waals surface area (Å²) in [4.78, 5) is 36.8. The molecule has 2 aromatic carbocycles. The fraction of sp³-hybridized carbons (Fsp3) is 0.432. The summed E-state index contributed by atoms with van der Waals surface area (Å²) in [6.45, 7) is 4.55. The van der Waals surface area contributed by atoms with E-state index in [4.69, 9.17) is 9.84 Å². The maximum absolute atomic E-state index is 12.7. The van der Waals surface area contributed by atoms with Crippen LogP contribution in [0.3, 0.4) is 0 Å². The van der Waals surface area contributed by atoms with E-state index >= 15 is 0 Å². The van der Waals surface area contributed by atoms with Crippen LogP contribution in [-0.2, 0) is 19.1 Å². The van der Waals surface area contributed by atoms with E-state index in [0.29, 0.717) is 55.2 Å². The molecule has 0 aliphatic carbocycles. The Morgan fingerprint density at radius 1 is 0.923 bits per heavy atom. The molecule has 2 N–H and O–H groups in total. The Morgan fingerprint density at radius 3 is 2.21 bits per heavy atom. The van der Waals surface area contributed by atoms with Gasteiger partial charge >= 0.3 is 18.4 Å². The SMILES string of the molecule is CN(CCC1CCN(C(=O)Oc2ccc(Cc3ccc(C(F)(F)F)cn3)cc2)CC1)Cc1ccccc1.O=C(O)N1CCC(Sc2ncn[nH]2)CC1. The highest BCUT2D eigenvalue weighted by atomic mass is 32.2. The number of benzene rings is 2. The Bertz CT molecular complexity index is 1660. The van der Waals surface area contributed by atoms with Crippen LogP contribution in [-0.4, -0.2) is 97.2 Å². The third-order valence-corrected chi connectivity index (χ3v) is 10.4. The zero-order valence-electron chi connectivity index (χ0n) is 29.0. The standard InChI is InChI=1S/C29H32F3N3O2.C8H12N4O2S/c1-34(21-24-5-3-2-4-6-24)16-13-22-14-17-35(18-15-22)28(36)37-27-11-7-23(8-12-27)19-26-10-9-25(20-33-26)29(30,31)32;13-8(14)12-3-1-6(2-4-12)15-7-9-5-10-11-7/h2-12,20,22H,13-19,21H2,1H3;5-6H,1-4H2,(H,13,14)(H,9,10,11). The van der Waals surface area contributed by atoms with Crippen LogP contribution in [0.15, 0.2) is 84.4 Å². The number of thioether (sulfide) groups is 1. The van der Waals surface area contributed by atoms with Crippen LogP contribution in [0.25, 0.3) is 0 Å². The molecular formula is C37H44F3N7O4S. The van der Waals surface area contributed by atoms with Gasteiger partial charge in [-0.15, -0.1) is 0 Å². The summed E-state index contributed by atoms with van der Waals surface area (Å²) in [6.07, 6.45) is 1.94. The second-order valence-corrected chi connectivity index (χ2v) is 14.3. The first-order valence-corrected chi connectivity index (χ1v) is 18.2. The molecule has 2 aliphatic heterocycles. The second-order valence-electron chi connectivity index (χ2n) is 13.0. The first-order chi connectivity index (χ1) is 25.0. The maximum atomic E-state index is 12.7. The first kappa shape index (κ1) is 38.6. The van der Waals surface area contributed by atoms with Crippen LogP contribution in [0.2, 0.25) is 0 Å². The molecule has 278 valence electrons. The van der Waals surface area contributed by atoms with Crippen LogP contribution in [0, 0.1) is 5.92 Å². The average Bonchev–Trinajstić information content (AvgIpc) is 3.66. The number of halogens is 3. The topological polar surface area (TPSA) is 128 Å².